The molecule has 0 saturated carbocycles. The van der Waals surface area contributed by atoms with Crippen LogP contribution in [0.4, 0.5) is 0 Å². The van der Waals surface area contributed by atoms with Crippen LogP contribution in [0.3, 0.4) is 0 Å². The molecule has 1 aromatic carbocycles. The van der Waals surface area contributed by atoms with Crippen molar-refractivity contribution < 1.29 is 23.1 Å². The van der Waals surface area contributed by atoms with Crippen molar-refractivity contribution in [3.8, 4) is 0 Å². The van der Waals surface area contributed by atoms with Gasteiger partial charge in [0.05, 0.1) is 24.0 Å². The molecule has 1 aromatic rings. The Bertz CT molecular complexity index is 703. The number of nitrogens with one attached hydrogen (secondary N) is 1. The van der Waals surface area contributed by atoms with E-state index in [1.165, 1.54) is 0 Å². The minimum atomic E-state index is -3.59. The minimum Gasteiger partial charge on any atom is -0.393 e. The largest absolute Gasteiger partial charge is 0.393 e. The molecule has 1 aliphatic rings. The van der Waals surface area contributed by atoms with Gasteiger partial charge in [-0.25, -0.2) is 13.1 Å². The summed E-state index contributed by atoms with van der Waals surface area (Å²) in [6.45, 7) is 3.28. The molecule has 0 spiro atoms. The van der Waals surface area contributed by atoms with Crippen LogP contribution in [0.15, 0.2) is 23.1 Å². The molecular weight excluding hydrogens is 344 g/mol. The summed E-state index contributed by atoms with van der Waals surface area (Å²) < 4.78 is 32.1. The fraction of sp³-hybridized carbons (Fsp3) is 0.588. The lowest BCUT2D eigenvalue weighted by Crippen LogP contribution is -2.36. The highest BCUT2D eigenvalue weighted by molar-refractivity contribution is 7.89. The molecule has 0 aliphatic carbocycles. The summed E-state index contributed by atoms with van der Waals surface area (Å²) in [5, 5.41) is 9.23. The van der Waals surface area contributed by atoms with Gasteiger partial charge in [0.1, 0.15) is 0 Å². The smallest absolute Gasteiger partial charge is 0.240 e. The summed E-state index contributed by atoms with van der Waals surface area (Å²) in [5.74, 6) is 0.0454. The van der Waals surface area contributed by atoms with Crippen molar-refractivity contribution in [1.82, 2.24) is 9.62 Å². The predicted molar refractivity (Wildman–Crippen MR) is 93.5 cm³/mol. The SMILES string of the molecule is COCCC(=O)N1CCc2cc(S(=O)(=O)NCC[C@H](C)O)ccc2C1. The second-order valence-corrected chi connectivity index (χ2v) is 8.04. The van der Waals surface area contributed by atoms with Gasteiger partial charge in [0.25, 0.3) is 0 Å². The number of fused-ring (bicyclic) bond motifs is 1. The molecule has 0 bridgehead atoms. The number of sulfonamides is 1. The Morgan fingerprint density at radius 1 is 1.40 bits per heavy atom. The molecule has 8 heteroatoms. The first kappa shape index (κ1) is 19.8. The van der Waals surface area contributed by atoms with Crippen LogP contribution in [-0.4, -0.2) is 57.2 Å². The molecule has 0 fully saturated rings. The molecule has 1 atom stereocenters. The van der Waals surface area contributed by atoms with E-state index in [1.54, 1.807) is 37.1 Å². The Balaban J connectivity index is 2.05. The van der Waals surface area contributed by atoms with Gasteiger partial charge >= 0.3 is 0 Å². The Kier molecular flexibility index (Phi) is 6.95. The Morgan fingerprint density at radius 2 is 2.16 bits per heavy atom. The van der Waals surface area contributed by atoms with Crippen LogP contribution in [0.1, 0.15) is 30.9 Å². The summed E-state index contributed by atoms with van der Waals surface area (Å²) in [7, 11) is -2.02. The molecule has 0 radical (unpaired) electrons. The number of benzene rings is 1. The first-order valence-corrected chi connectivity index (χ1v) is 9.88. The second kappa shape index (κ2) is 8.75. The van der Waals surface area contributed by atoms with Crippen LogP contribution in [0.5, 0.6) is 0 Å². The van der Waals surface area contributed by atoms with Crippen LogP contribution >= 0.6 is 0 Å². The van der Waals surface area contributed by atoms with E-state index < -0.39 is 16.1 Å². The molecule has 1 amide bonds. The number of amides is 1. The number of methoxy groups -OCH3 is 1. The quantitative estimate of drug-likeness (QED) is 0.701. The number of nitrogens with zero attached hydrogens (tertiary/aromatic N) is 1. The second-order valence-electron chi connectivity index (χ2n) is 6.27. The third-order valence-corrected chi connectivity index (χ3v) is 5.69. The van der Waals surface area contributed by atoms with Gasteiger partial charge < -0.3 is 14.7 Å². The third kappa shape index (κ3) is 5.50. The lowest BCUT2D eigenvalue weighted by Gasteiger charge is -2.29. The summed E-state index contributed by atoms with van der Waals surface area (Å²) in [4.78, 5) is 14.1. The number of hydrogen-bond donors (Lipinski definition) is 2. The molecule has 7 nitrogen and oxygen atoms in total. The van der Waals surface area contributed by atoms with Crippen molar-refractivity contribution in [2.75, 3.05) is 26.8 Å². The molecule has 1 aliphatic heterocycles. The zero-order valence-corrected chi connectivity index (χ0v) is 15.5. The molecule has 0 unspecified atom stereocenters. The van der Waals surface area contributed by atoms with E-state index in [2.05, 4.69) is 4.72 Å². The molecule has 1 heterocycles. The number of carbonyl (C=O) groups excluding carboxylic acids is 1. The zero-order valence-electron chi connectivity index (χ0n) is 14.7. The maximum atomic E-state index is 12.3. The first-order valence-electron chi connectivity index (χ1n) is 8.39. The van der Waals surface area contributed by atoms with E-state index in [4.69, 9.17) is 4.74 Å². The maximum absolute atomic E-state index is 12.3. The first-order chi connectivity index (χ1) is 11.8. The highest BCUT2D eigenvalue weighted by Crippen LogP contribution is 2.23. The van der Waals surface area contributed by atoms with Gasteiger partial charge in [-0.1, -0.05) is 6.07 Å². The predicted octanol–water partition coefficient (Wildman–Crippen LogP) is 0.657. The number of rotatable bonds is 8. The highest BCUT2D eigenvalue weighted by Gasteiger charge is 2.22. The summed E-state index contributed by atoms with van der Waals surface area (Å²) in [5.41, 5.74) is 1.93. The van der Waals surface area contributed by atoms with Crippen LogP contribution in [0, 0.1) is 0 Å². The molecule has 25 heavy (non-hydrogen) atoms. The van der Waals surface area contributed by atoms with Gasteiger partial charge in [-0.3, -0.25) is 4.79 Å². The highest BCUT2D eigenvalue weighted by atomic mass is 32.2. The van der Waals surface area contributed by atoms with Crippen LogP contribution < -0.4 is 4.72 Å². The topological polar surface area (TPSA) is 95.9 Å². The average Bonchev–Trinajstić information content (AvgIpc) is 2.58. The average molecular weight is 370 g/mol. The van der Waals surface area contributed by atoms with Crippen molar-refractivity contribution in [1.29, 1.82) is 0 Å². The van der Waals surface area contributed by atoms with E-state index in [1.807, 2.05) is 0 Å². The van der Waals surface area contributed by atoms with Gasteiger partial charge in [-0.05, 0) is 43.0 Å². The van der Waals surface area contributed by atoms with E-state index >= 15 is 0 Å². The molecule has 2 rings (SSSR count). The van der Waals surface area contributed by atoms with Gasteiger partial charge in [-0.2, -0.15) is 0 Å². The third-order valence-electron chi connectivity index (χ3n) is 4.23. The Labute approximate surface area is 149 Å². The van der Waals surface area contributed by atoms with Crippen molar-refractivity contribution in [2.45, 2.75) is 43.7 Å². The van der Waals surface area contributed by atoms with Gasteiger partial charge in [-0.15, -0.1) is 0 Å². The molecular formula is C17H26N2O5S. The number of ether oxygens (including phenoxy) is 1. The standard InChI is InChI=1S/C17H26N2O5S/c1-13(20)5-8-18-25(22,23)16-4-3-15-12-19(9-6-14(15)11-16)17(21)7-10-24-2/h3-4,11,13,18,20H,5-10,12H2,1-2H3/t13-/m0/s1. The summed E-state index contributed by atoms with van der Waals surface area (Å²) >= 11 is 0. The molecule has 140 valence electrons. The van der Waals surface area contributed by atoms with Crippen LogP contribution in [0.2, 0.25) is 0 Å². The molecule has 0 saturated heterocycles. The fourth-order valence-electron chi connectivity index (χ4n) is 2.74. The van der Waals surface area contributed by atoms with E-state index in [-0.39, 0.29) is 17.3 Å². The van der Waals surface area contributed by atoms with Crippen molar-refractivity contribution >= 4 is 15.9 Å². The number of hydrogen-bond acceptors (Lipinski definition) is 5. The number of aliphatic hydroxyl groups is 1. The zero-order chi connectivity index (χ0) is 18.4. The van der Waals surface area contributed by atoms with Gasteiger partial charge in [0, 0.05) is 26.7 Å². The van der Waals surface area contributed by atoms with Gasteiger partial charge in [0.2, 0.25) is 15.9 Å². The van der Waals surface area contributed by atoms with Crippen LogP contribution in [0.25, 0.3) is 0 Å². The van der Waals surface area contributed by atoms with E-state index in [0.29, 0.717) is 39.0 Å². The summed E-state index contributed by atoms with van der Waals surface area (Å²) in [6.07, 6.45) is 0.798. The van der Waals surface area contributed by atoms with Crippen LogP contribution in [-0.2, 0) is 32.5 Å². The molecule has 0 aromatic heterocycles. The fourth-order valence-corrected chi connectivity index (χ4v) is 3.84. The number of carbonyl (C=O) groups is 1. The molecule has 2 N–H and O–H groups in total. The van der Waals surface area contributed by atoms with Crippen molar-refractivity contribution in [3.63, 3.8) is 0 Å². The maximum Gasteiger partial charge on any atom is 0.240 e. The lowest BCUT2D eigenvalue weighted by molar-refractivity contribution is -0.133. The minimum absolute atomic E-state index is 0.0454. The lowest BCUT2D eigenvalue weighted by atomic mass is 10.00. The monoisotopic (exact) mass is 370 g/mol. The van der Waals surface area contributed by atoms with E-state index in [0.717, 1.165) is 11.1 Å². The van der Waals surface area contributed by atoms with E-state index in [9.17, 15) is 18.3 Å². The summed E-state index contributed by atoms with van der Waals surface area (Å²) in [6, 6.07) is 5.01. The normalized spacial score (nSPS) is 15.7. The number of aliphatic hydroxyl groups excluding tert-OH is 1. The van der Waals surface area contributed by atoms with Crippen molar-refractivity contribution in [3.05, 3.63) is 29.3 Å². The van der Waals surface area contributed by atoms with Gasteiger partial charge in [0.15, 0.2) is 0 Å². The Hall–Kier alpha value is -1.48. The van der Waals surface area contributed by atoms with Crippen molar-refractivity contribution in [2.24, 2.45) is 0 Å². The Morgan fingerprint density at radius 3 is 2.84 bits per heavy atom.